The molecule has 0 spiro atoms. The molecule has 0 aliphatic carbocycles. The van der Waals surface area contributed by atoms with E-state index in [2.05, 4.69) is 56.5 Å². The molecule has 0 saturated heterocycles. The molecule has 0 saturated carbocycles. The van der Waals surface area contributed by atoms with E-state index < -0.39 is 0 Å². The number of H-pyrrole nitrogens is 1. The molecular formula is C31H37N5O2S. The number of thiophene rings is 1. The number of amides is 1. The van der Waals surface area contributed by atoms with E-state index in [1.165, 1.54) is 11.3 Å². The van der Waals surface area contributed by atoms with Gasteiger partial charge in [-0.15, -0.1) is 11.3 Å². The number of aliphatic imine (C=N–C) groups is 1. The molecule has 204 valence electrons. The second-order valence-corrected chi connectivity index (χ2v) is 12.8. The average Bonchev–Trinajstić information content (AvgIpc) is 3.55. The van der Waals surface area contributed by atoms with Gasteiger partial charge in [0.25, 0.3) is 5.91 Å². The third-order valence-corrected chi connectivity index (χ3v) is 7.43. The van der Waals surface area contributed by atoms with Crippen LogP contribution in [0.25, 0.3) is 11.3 Å². The Bertz CT molecular complexity index is 1450. The highest BCUT2D eigenvalue weighted by atomic mass is 32.1. The number of hydrogen-bond donors (Lipinski definition) is 3. The number of nitrogens with two attached hydrogens (primary N) is 1. The molecule has 1 amide bonds. The van der Waals surface area contributed by atoms with Gasteiger partial charge < -0.3 is 20.7 Å². The smallest absolute Gasteiger partial charge is 0.254 e. The summed E-state index contributed by atoms with van der Waals surface area (Å²) in [5.41, 5.74) is 10.4. The normalized spacial score (nSPS) is 12.5. The Labute approximate surface area is 234 Å². The first-order valence-corrected chi connectivity index (χ1v) is 13.8. The summed E-state index contributed by atoms with van der Waals surface area (Å²) < 4.78 is 0. The van der Waals surface area contributed by atoms with Gasteiger partial charge in [-0.1, -0.05) is 47.6 Å². The number of hydrogen-bond acceptors (Lipinski definition) is 5. The number of carbonyl (C=O) groups is 1. The van der Waals surface area contributed by atoms with Gasteiger partial charge in [-0.2, -0.15) is 0 Å². The summed E-state index contributed by atoms with van der Waals surface area (Å²) in [4.78, 5) is 28.0. The number of imidazole rings is 1. The Morgan fingerprint density at radius 1 is 1.05 bits per heavy atom. The third-order valence-electron chi connectivity index (χ3n) is 6.54. The maximum absolute atomic E-state index is 13.1. The Hall–Kier alpha value is -3.91. The largest absolute Gasteiger partial charge is 0.507 e. The van der Waals surface area contributed by atoms with Crippen molar-refractivity contribution in [2.75, 3.05) is 7.05 Å². The number of phenols is 1. The maximum atomic E-state index is 13.1. The van der Waals surface area contributed by atoms with E-state index in [9.17, 15) is 9.90 Å². The fourth-order valence-electron chi connectivity index (χ4n) is 4.34. The van der Waals surface area contributed by atoms with Crippen LogP contribution >= 0.6 is 11.3 Å². The van der Waals surface area contributed by atoms with Crippen molar-refractivity contribution < 1.29 is 9.90 Å². The molecule has 0 aliphatic rings. The molecule has 2 heterocycles. The highest BCUT2D eigenvalue weighted by molar-refractivity contribution is 7.12. The number of benzene rings is 2. The molecule has 0 bridgehead atoms. The van der Waals surface area contributed by atoms with Crippen LogP contribution in [-0.4, -0.2) is 38.8 Å². The third kappa shape index (κ3) is 6.40. The highest BCUT2D eigenvalue weighted by Crippen LogP contribution is 2.41. The summed E-state index contributed by atoms with van der Waals surface area (Å²) in [7, 11) is 1.75. The van der Waals surface area contributed by atoms with E-state index in [0.717, 1.165) is 27.3 Å². The van der Waals surface area contributed by atoms with Crippen molar-refractivity contribution in [1.82, 2.24) is 14.9 Å². The van der Waals surface area contributed by atoms with Crippen LogP contribution in [0.2, 0.25) is 0 Å². The fourth-order valence-corrected chi connectivity index (χ4v) is 4.96. The lowest BCUT2D eigenvalue weighted by Crippen LogP contribution is -2.26. The van der Waals surface area contributed by atoms with Crippen LogP contribution in [0.5, 0.6) is 5.75 Å². The standard InChI is InChI=1S/C31H37N5O2S/c1-30(2,3)22-15-20(16-23(27(22)37)31(4,5)6)24-17-33-26(35-24)18-36(7)29(38)19-10-12-21(13-11-19)34-28(32)25-9-8-14-39-25/h8-17,37H,18H2,1-7H3,(H2,32,34)(H,33,35). The van der Waals surface area contributed by atoms with Crippen molar-refractivity contribution >= 4 is 28.8 Å². The van der Waals surface area contributed by atoms with Crippen LogP contribution in [0.15, 0.2) is 65.1 Å². The summed E-state index contributed by atoms with van der Waals surface area (Å²) >= 11 is 1.53. The summed E-state index contributed by atoms with van der Waals surface area (Å²) in [5, 5.41) is 13.0. The van der Waals surface area contributed by atoms with Gasteiger partial charge in [-0.3, -0.25) is 4.79 Å². The first kappa shape index (κ1) is 28.1. The molecule has 4 aromatic rings. The minimum Gasteiger partial charge on any atom is -0.507 e. The van der Waals surface area contributed by atoms with Gasteiger partial charge in [0.1, 0.15) is 17.4 Å². The van der Waals surface area contributed by atoms with E-state index >= 15 is 0 Å². The van der Waals surface area contributed by atoms with Crippen molar-refractivity contribution in [2.45, 2.75) is 58.9 Å². The molecule has 0 atom stereocenters. The number of rotatable bonds is 6. The van der Waals surface area contributed by atoms with Crippen LogP contribution in [0.3, 0.4) is 0 Å². The molecule has 8 heteroatoms. The van der Waals surface area contributed by atoms with E-state index in [1.807, 2.05) is 29.6 Å². The number of aromatic nitrogens is 2. The molecular weight excluding hydrogens is 506 g/mol. The SMILES string of the molecule is CN(Cc1ncc(-c2cc(C(C)(C)C)c(O)c(C(C)(C)C)c2)[nH]1)C(=O)c1ccc(N=C(N)c2cccs2)cc1. The highest BCUT2D eigenvalue weighted by Gasteiger charge is 2.27. The molecule has 4 N–H and O–H groups in total. The van der Waals surface area contributed by atoms with E-state index in [0.29, 0.717) is 35.2 Å². The number of carbonyl (C=O) groups excluding carboxylic acids is 1. The first-order chi connectivity index (χ1) is 18.2. The average molecular weight is 544 g/mol. The summed E-state index contributed by atoms with van der Waals surface area (Å²) in [6.07, 6.45) is 1.78. The van der Waals surface area contributed by atoms with Gasteiger partial charge in [0.05, 0.1) is 29.0 Å². The van der Waals surface area contributed by atoms with Gasteiger partial charge in [0.2, 0.25) is 0 Å². The minimum atomic E-state index is -0.230. The van der Waals surface area contributed by atoms with Crippen LogP contribution in [0.4, 0.5) is 5.69 Å². The molecule has 0 unspecified atom stereocenters. The molecule has 0 fully saturated rings. The van der Waals surface area contributed by atoms with Gasteiger partial charge in [-0.25, -0.2) is 9.98 Å². The summed E-state index contributed by atoms with van der Waals surface area (Å²) in [6.45, 7) is 12.9. The van der Waals surface area contributed by atoms with Crippen molar-refractivity contribution in [2.24, 2.45) is 10.7 Å². The summed E-state index contributed by atoms with van der Waals surface area (Å²) in [6, 6.07) is 15.0. The Kier molecular flexibility index (Phi) is 7.70. The predicted molar refractivity (Wildman–Crippen MR) is 160 cm³/mol. The zero-order valence-corrected chi connectivity index (χ0v) is 24.5. The Morgan fingerprint density at radius 2 is 1.67 bits per heavy atom. The topological polar surface area (TPSA) is 108 Å². The van der Waals surface area contributed by atoms with Crippen molar-refractivity contribution in [3.8, 4) is 17.0 Å². The zero-order chi connectivity index (χ0) is 28.5. The molecule has 7 nitrogen and oxygen atoms in total. The number of phenolic OH excluding ortho intramolecular Hbond substituents is 1. The lowest BCUT2D eigenvalue weighted by Gasteiger charge is -2.28. The zero-order valence-electron chi connectivity index (χ0n) is 23.7. The van der Waals surface area contributed by atoms with Gasteiger partial charge >= 0.3 is 0 Å². The van der Waals surface area contributed by atoms with Crippen LogP contribution in [-0.2, 0) is 17.4 Å². The predicted octanol–water partition coefficient (Wildman–Crippen LogP) is 6.75. The number of aromatic hydroxyl groups is 1. The van der Waals surface area contributed by atoms with Crippen molar-refractivity contribution in [3.05, 3.63) is 87.5 Å². The van der Waals surface area contributed by atoms with Gasteiger partial charge in [-0.05, 0) is 58.7 Å². The maximum Gasteiger partial charge on any atom is 0.254 e. The molecule has 2 aromatic heterocycles. The van der Waals surface area contributed by atoms with Crippen molar-refractivity contribution in [3.63, 3.8) is 0 Å². The quantitative estimate of drug-likeness (QED) is 0.185. The number of nitrogens with one attached hydrogen (secondary N) is 1. The van der Waals surface area contributed by atoms with Crippen LogP contribution in [0, 0.1) is 0 Å². The fraction of sp³-hybridized carbons (Fsp3) is 0.323. The summed E-state index contributed by atoms with van der Waals surface area (Å²) in [5.74, 6) is 1.35. The Morgan fingerprint density at radius 3 is 2.21 bits per heavy atom. The second kappa shape index (κ2) is 10.7. The van der Waals surface area contributed by atoms with Crippen molar-refractivity contribution in [1.29, 1.82) is 0 Å². The van der Waals surface area contributed by atoms with E-state index in [1.54, 1.807) is 42.4 Å². The van der Waals surface area contributed by atoms with Crippen LogP contribution < -0.4 is 5.73 Å². The first-order valence-electron chi connectivity index (χ1n) is 12.9. The van der Waals surface area contributed by atoms with E-state index in [4.69, 9.17) is 5.73 Å². The number of amidine groups is 1. The molecule has 39 heavy (non-hydrogen) atoms. The molecule has 0 aliphatic heterocycles. The van der Waals surface area contributed by atoms with Crippen LogP contribution in [0.1, 0.15) is 73.7 Å². The lowest BCUT2D eigenvalue weighted by molar-refractivity contribution is 0.0782. The molecule has 4 rings (SSSR count). The minimum absolute atomic E-state index is 0.121. The van der Waals surface area contributed by atoms with Gasteiger partial charge in [0.15, 0.2) is 0 Å². The van der Waals surface area contributed by atoms with Gasteiger partial charge in [0, 0.05) is 29.3 Å². The van der Waals surface area contributed by atoms with E-state index in [-0.39, 0.29) is 16.7 Å². The second-order valence-electron chi connectivity index (χ2n) is 11.8. The monoisotopic (exact) mass is 543 g/mol. The molecule has 0 radical (unpaired) electrons. The lowest BCUT2D eigenvalue weighted by atomic mass is 9.78. The number of aromatic amines is 1. The number of nitrogens with zero attached hydrogens (tertiary/aromatic N) is 3. The Balaban J connectivity index is 1.51. The molecule has 2 aromatic carbocycles.